The first kappa shape index (κ1) is 25.8. The zero-order chi connectivity index (χ0) is 26.9. The number of anilines is 1. The Bertz CT molecular complexity index is 1380. The van der Waals surface area contributed by atoms with Gasteiger partial charge in [0.2, 0.25) is 0 Å². The highest BCUT2D eigenvalue weighted by Gasteiger charge is 2.42. The van der Waals surface area contributed by atoms with Gasteiger partial charge in [-0.25, -0.2) is 13.7 Å². The van der Waals surface area contributed by atoms with Gasteiger partial charge in [0.15, 0.2) is 0 Å². The fourth-order valence-electron chi connectivity index (χ4n) is 3.57. The number of ether oxygens (including phenoxy) is 1. The fraction of sp³-hybridized carbons (Fsp3) is 0.400. The van der Waals surface area contributed by atoms with Crippen molar-refractivity contribution >= 4 is 23.2 Å². The monoisotopic (exact) mass is 509 g/mol. The molecular formula is C25H28FN7O4. The molecule has 3 heterocycles. The van der Waals surface area contributed by atoms with Gasteiger partial charge in [0.1, 0.15) is 18.3 Å². The molecule has 12 heteroatoms. The summed E-state index contributed by atoms with van der Waals surface area (Å²) in [5.74, 6) is -0.576. The molecule has 0 bridgehead atoms. The van der Waals surface area contributed by atoms with Crippen LogP contribution in [0, 0.1) is 11.3 Å². The Kier molecular flexibility index (Phi) is 7.00. The number of aromatic nitrogens is 3. The molecular weight excluding hydrogens is 481 g/mol. The van der Waals surface area contributed by atoms with Crippen LogP contribution in [0.2, 0.25) is 0 Å². The number of hydrogen-bond acceptors (Lipinski definition) is 8. The summed E-state index contributed by atoms with van der Waals surface area (Å²) < 4.78 is 21.2. The number of alkyl halides is 1. The fourth-order valence-corrected chi connectivity index (χ4v) is 3.57. The molecule has 37 heavy (non-hydrogen) atoms. The molecule has 1 aliphatic rings. The summed E-state index contributed by atoms with van der Waals surface area (Å²) in [4.78, 5) is 30.6. The van der Waals surface area contributed by atoms with E-state index in [1.54, 1.807) is 42.9 Å². The predicted molar refractivity (Wildman–Crippen MR) is 133 cm³/mol. The Morgan fingerprint density at radius 3 is 2.78 bits per heavy atom. The van der Waals surface area contributed by atoms with E-state index in [1.165, 1.54) is 31.1 Å². The second-order valence-electron chi connectivity index (χ2n) is 9.66. The molecule has 0 unspecified atom stereocenters. The summed E-state index contributed by atoms with van der Waals surface area (Å²) in [5, 5.41) is 29.0. The van der Waals surface area contributed by atoms with E-state index >= 15 is 0 Å². The van der Waals surface area contributed by atoms with Crippen LogP contribution < -0.4 is 10.6 Å². The molecule has 0 spiro atoms. The number of nitriles is 1. The highest BCUT2D eigenvalue weighted by Crippen LogP contribution is 2.33. The van der Waals surface area contributed by atoms with Gasteiger partial charge in [0.25, 0.3) is 5.91 Å². The zero-order valence-corrected chi connectivity index (χ0v) is 20.9. The first-order chi connectivity index (χ1) is 17.5. The van der Waals surface area contributed by atoms with Crippen molar-refractivity contribution < 1.29 is 23.8 Å². The number of pyridine rings is 1. The highest BCUT2D eigenvalue weighted by atomic mass is 19.1. The molecule has 0 aromatic carbocycles. The molecule has 11 nitrogen and oxygen atoms in total. The Balaban J connectivity index is 1.62. The maximum atomic E-state index is 14.2. The van der Waals surface area contributed by atoms with Crippen LogP contribution in [0.5, 0.6) is 0 Å². The van der Waals surface area contributed by atoms with Gasteiger partial charge in [0, 0.05) is 26.7 Å². The van der Waals surface area contributed by atoms with E-state index in [0.717, 1.165) is 0 Å². The van der Waals surface area contributed by atoms with E-state index in [-0.39, 0.29) is 24.3 Å². The number of nitrogens with one attached hydrogen (secondary N) is 2. The first-order valence-corrected chi connectivity index (χ1v) is 11.7. The molecule has 3 atom stereocenters. The number of halogens is 1. The average molecular weight is 510 g/mol. The number of nitrogens with zero attached hydrogens (tertiary/aromatic N) is 5. The quantitative estimate of drug-likeness (QED) is 0.420. The Hall–Kier alpha value is -4.24. The van der Waals surface area contributed by atoms with E-state index in [1.807, 2.05) is 0 Å². The molecule has 3 aromatic rings. The van der Waals surface area contributed by atoms with Crippen LogP contribution >= 0.6 is 0 Å². The van der Waals surface area contributed by atoms with E-state index < -0.39 is 23.8 Å². The summed E-state index contributed by atoms with van der Waals surface area (Å²) in [6, 6.07) is 8.79. The first-order valence-electron chi connectivity index (χ1n) is 11.7. The SMILES string of the molecule is CN(C)C(=O)O[C@@H]1C[C@H]1Nc1cc(-c2ccc3cc(C#N)cnn23)ncc1C(=O)NC[C@@H](F)C(C)(C)O. The topological polar surface area (TPSA) is 145 Å². The number of carbonyl (C=O) groups excluding carboxylic acids is 2. The smallest absolute Gasteiger partial charge is 0.409 e. The third-order valence-corrected chi connectivity index (χ3v) is 5.94. The minimum atomic E-state index is -1.67. The second-order valence-corrected chi connectivity index (χ2v) is 9.66. The van der Waals surface area contributed by atoms with Crippen molar-refractivity contribution in [2.24, 2.45) is 0 Å². The predicted octanol–water partition coefficient (Wildman–Crippen LogP) is 2.36. The number of rotatable bonds is 8. The number of hydrogen-bond donors (Lipinski definition) is 3. The summed E-state index contributed by atoms with van der Waals surface area (Å²) in [5.41, 5.74) is 1.22. The Labute approximate surface area is 212 Å². The van der Waals surface area contributed by atoms with Crippen molar-refractivity contribution in [1.82, 2.24) is 24.8 Å². The highest BCUT2D eigenvalue weighted by molar-refractivity contribution is 6.00. The van der Waals surface area contributed by atoms with Gasteiger partial charge in [-0.3, -0.25) is 9.78 Å². The standard InChI is InChI=1S/C25H28FN7O4/c1-25(2,36)22(26)13-29-23(34)16-12-28-18(20-6-5-15-7-14(10-27)11-30-33(15)20)8-17(16)31-19-9-21(19)37-24(35)32(3)4/h5-8,11-12,19,21-22,36H,9,13H2,1-4H3,(H,28,31)(H,29,34)/t19-,21-,22-/m1/s1. The summed E-state index contributed by atoms with van der Waals surface area (Å²) in [6.45, 7) is 2.26. The van der Waals surface area contributed by atoms with Crippen LogP contribution in [0.4, 0.5) is 14.9 Å². The molecule has 3 aromatic heterocycles. The lowest BCUT2D eigenvalue weighted by atomic mass is 10.0. The van der Waals surface area contributed by atoms with Crippen LogP contribution in [0.3, 0.4) is 0 Å². The van der Waals surface area contributed by atoms with E-state index in [4.69, 9.17) is 10.00 Å². The number of amides is 2. The van der Waals surface area contributed by atoms with Gasteiger partial charge in [-0.05, 0) is 38.1 Å². The van der Waals surface area contributed by atoms with Gasteiger partial charge in [0.05, 0.1) is 58.1 Å². The average Bonchev–Trinajstić information content (AvgIpc) is 3.43. The van der Waals surface area contributed by atoms with Gasteiger partial charge in [-0.1, -0.05) is 0 Å². The van der Waals surface area contributed by atoms with Crippen molar-refractivity contribution in [2.75, 3.05) is 26.0 Å². The van der Waals surface area contributed by atoms with Crippen molar-refractivity contribution in [3.63, 3.8) is 0 Å². The molecule has 1 fully saturated rings. The third-order valence-electron chi connectivity index (χ3n) is 5.94. The summed E-state index contributed by atoms with van der Waals surface area (Å²) in [7, 11) is 3.18. The second kappa shape index (κ2) is 10.0. The Morgan fingerprint density at radius 1 is 1.35 bits per heavy atom. The van der Waals surface area contributed by atoms with Crippen molar-refractivity contribution in [2.45, 2.75) is 44.2 Å². The molecule has 1 aliphatic carbocycles. The van der Waals surface area contributed by atoms with Crippen molar-refractivity contribution in [1.29, 1.82) is 5.26 Å². The van der Waals surface area contributed by atoms with Crippen molar-refractivity contribution in [3.8, 4) is 17.5 Å². The van der Waals surface area contributed by atoms with Crippen LogP contribution in [0.15, 0.2) is 36.7 Å². The van der Waals surface area contributed by atoms with Gasteiger partial charge in [-0.15, -0.1) is 0 Å². The minimum Gasteiger partial charge on any atom is -0.444 e. The molecule has 2 amide bonds. The van der Waals surface area contributed by atoms with Gasteiger partial charge in [-0.2, -0.15) is 10.4 Å². The zero-order valence-electron chi connectivity index (χ0n) is 20.9. The molecule has 1 saturated carbocycles. The van der Waals surface area contributed by atoms with Crippen LogP contribution in [0.1, 0.15) is 36.2 Å². The lowest BCUT2D eigenvalue weighted by molar-refractivity contribution is -0.00178. The van der Waals surface area contributed by atoms with E-state index in [2.05, 4.69) is 26.8 Å². The maximum Gasteiger partial charge on any atom is 0.409 e. The van der Waals surface area contributed by atoms with Crippen LogP contribution in [0.25, 0.3) is 16.9 Å². The lowest BCUT2D eigenvalue weighted by Gasteiger charge is -2.22. The van der Waals surface area contributed by atoms with Gasteiger partial charge >= 0.3 is 6.09 Å². The van der Waals surface area contributed by atoms with Crippen molar-refractivity contribution in [3.05, 3.63) is 47.8 Å². The molecule has 0 radical (unpaired) electrons. The maximum absolute atomic E-state index is 14.2. The number of fused-ring (bicyclic) bond motifs is 1. The lowest BCUT2D eigenvalue weighted by Crippen LogP contribution is -2.42. The van der Waals surface area contributed by atoms with E-state index in [0.29, 0.717) is 34.6 Å². The summed E-state index contributed by atoms with van der Waals surface area (Å²) >= 11 is 0. The third kappa shape index (κ3) is 5.78. The normalized spacial score (nSPS) is 17.5. The largest absolute Gasteiger partial charge is 0.444 e. The molecule has 0 saturated heterocycles. The van der Waals surface area contributed by atoms with E-state index in [9.17, 15) is 19.1 Å². The number of carbonyl (C=O) groups is 2. The molecule has 0 aliphatic heterocycles. The van der Waals surface area contributed by atoms with Crippen LogP contribution in [-0.4, -0.2) is 81.2 Å². The molecule has 3 N–H and O–H groups in total. The van der Waals surface area contributed by atoms with Gasteiger partial charge < -0.3 is 25.4 Å². The molecule has 4 rings (SSSR count). The van der Waals surface area contributed by atoms with Crippen LogP contribution in [-0.2, 0) is 4.74 Å². The molecule has 194 valence electrons. The Morgan fingerprint density at radius 2 is 2.11 bits per heavy atom. The summed E-state index contributed by atoms with van der Waals surface area (Å²) in [6.07, 6.45) is 0.863. The number of aliphatic hydroxyl groups is 1. The minimum absolute atomic E-state index is 0.164.